The third kappa shape index (κ3) is 8.38. The van der Waals surface area contributed by atoms with Gasteiger partial charge in [-0.05, 0) is 0 Å². The summed E-state index contributed by atoms with van der Waals surface area (Å²) in [6, 6.07) is 14.4. The number of carbonyl (C=O) groups is 1. The predicted octanol–water partition coefficient (Wildman–Crippen LogP) is 9.78. The first kappa shape index (κ1) is 36.8. The first-order valence-corrected chi connectivity index (χ1v) is 26.2. The van der Waals surface area contributed by atoms with E-state index in [0.717, 1.165) is 59.7 Å². The van der Waals surface area contributed by atoms with Crippen LogP contribution in [0.25, 0.3) is 0 Å². The molecule has 0 amide bonds. The number of benzene rings is 2. The summed E-state index contributed by atoms with van der Waals surface area (Å²) in [4.78, 5) is 15.2. The second-order valence-electron chi connectivity index (χ2n) is 14.2. The van der Waals surface area contributed by atoms with Crippen LogP contribution in [0.4, 0.5) is 0 Å². The van der Waals surface area contributed by atoms with Gasteiger partial charge < -0.3 is 0 Å². The Labute approximate surface area is 272 Å². The van der Waals surface area contributed by atoms with Crippen LogP contribution in [-0.2, 0) is 19.6 Å². The number of sulfonamides is 1. The average molecular weight is 731 g/mol. The number of carbonyl (C=O) groups excluding carboxylic acids is 1. The molecule has 0 N–H and O–H groups in total. The molecule has 1 aliphatic rings. The second kappa shape index (κ2) is 15.3. The Morgan fingerprint density at radius 2 is 1.34 bits per heavy atom. The molecule has 1 aliphatic heterocycles. The van der Waals surface area contributed by atoms with Gasteiger partial charge in [0.05, 0.1) is 0 Å². The number of aryl methyl sites for hydroxylation is 2. The molecular weight excluding hydrogens is 673 g/mol. The zero-order valence-electron chi connectivity index (χ0n) is 28.7. The molecule has 0 aliphatic carbocycles. The van der Waals surface area contributed by atoms with Gasteiger partial charge in [0.15, 0.2) is 0 Å². The van der Waals surface area contributed by atoms with E-state index in [-0.39, 0.29) is 17.4 Å². The zero-order chi connectivity index (χ0) is 32.8. The number of hydrogen-bond donors (Lipinski definition) is 0. The summed E-state index contributed by atoms with van der Waals surface area (Å²) in [7, 11) is -3.96. The monoisotopic (exact) mass is 731 g/mol. The zero-order valence-corrected chi connectivity index (χ0v) is 32.3. The van der Waals surface area contributed by atoms with Crippen LogP contribution in [0.3, 0.4) is 0 Å². The SMILES string of the molecule is C=C1CN(S(=O)(=O)c2ccc(C)cc2)[C@@H](c2ccc(C)cc2)[C@]1([CH2][Sn]([CH2]CCC)([CH2]CCC)[CH2]CCC)C(=O)OC(C)(C)C. The fourth-order valence-corrected chi connectivity index (χ4v) is 26.7. The van der Waals surface area contributed by atoms with Gasteiger partial charge in [0.2, 0.25) is 0 Å². The molecule has 244 valence electrons. The quantitative estimate of drug-likeness (QED) is 0.104. The van der Waals surface area contributed by atoms with Crippen LogP contribution in [0, 0.1) is 19.3 Å². The molecule has 0 aromatic heterocycles. The van der Waals surface area contributed by atoms with Crippen molar-refractivity contribution in [1.82, 2.24) is 4.31 Å². The maximum absolute atomic E-state index is 14.9. The molecule has 1 heterocycles. The summed E-state index contributed by atoms with van der Waals surface area (Å²) in [6.45, 7) is 21.1. The van der Waals surface area contributed by atoms with Gasteiger partial charge in [-0.3, -0.25) is 0 Å². The summed E-state index contributed by atoms with van der Waals surface area (Å²) < 4.78 is 41.4. The average Bonchev–Trinajstić information content (AvgIpc) is 3.26. The summed E-state index contributed by atoms with van der Waals surface area (Å²) in [5, 5.41) is 0. The van der Waals surface area contributed by atoms with Gasteiger partial charge in [-0.1, -0.05) is 0 Å². The third-order valence-corrected chi connectivity index (χ3v) is 27.0. The van der Waals surface area contributed by atoms with E-state index in [0.29, 0.717) is 5.57 Å². The van der Waals surface area contributed by atoms with Crippen molar-refractivity contribution in [1.29, 1.82) is 0 Å². The number of rotatable bonds is 15. The van der Waals surface area contributed by atoms with E-state index in [1.165, 1.54) is 13.3 Å². The number of unbranched alkanes of at least 4 members (excludes halogenated alkanes) is 3. The minimum atomic E-state index is -3.96. The van der Waals surface area contributed by atoms with Crippen molar-refractivity contribution >= 4 is 34.4 Å². The van der Waals surface area contributed by atoms with Crippen LogP contribution in [0.5, 0.6) is 0 Å². The van der Waals surface area contributed by atoms with Gasteiger partial charge in [-0.15, -0.1) is 0 Å². The van der Waals surface area contributed by atoms with E-state index in [9.17, 15) is 13.2 Å². The fraction of sp³-hybridized carbons (Fsp3) is 0.595. The molecule has 1 fully saturated rings. The number of hydrogen-bond acceptors (Lipinski definition) is 4. The van der Waals surface area contributed by atoms with Crippen molar-refractivity contribution in [2.45, 2.75) is 128 Å². The Morgan fingerprint density at radius 3 is 1.77 bits per heavy atom. The first-order chi connectivity index (χ1) is 20.7. The topological polar surface area (TPSA) is 63.7 Å². The van der Waals surface area contributed by atoms with E-state index in [2.05, 4.69) is 27.4 Å². The molecule has 0 radical (unpaired) electrons. The molecule has 3 rings (SSSR count). The molecule has 44 heavy (non-hydrogen) atoms. The molecule has 2 aromatic carbocycles. The Hall–Kier alpha value is -1.64. The normalized spacial score (nSPS) is 19.8. The molecule has 2 aromatic rings. The van der Waals surface area contributed by atoms with Crippen molar-refractivity contribution < 1.29 is 17.9 Å². The number of nitrogens with zero attached hydrogens (tertiary/aromatic N) is 1. The van der Waals surface area contributed by atoms with Gasteiger partial charge in [-0.2, -0.15) is 0 Å². The molecule has 0 spiro atoms. The Morgan fingerprint density at radius 1 is 0.886 bits per heavy atom. The Balaban J connectivity index is 2.37. The third-order valence-electron chi connectivity index (χ3n) is 9.35. The van der Waals surface area contributed by atoms with Gasteiger partial charge in [0.1, 0.15) is 0 Å². The van der Waals surface area contributed by atoms with E-state index in [4.69, 9.17) is 4.74 Å². The van der Waals surface area contributed by atoms with E-state index < -0.39 is 45.5 Å². The first-order valence-electron chi connectivity index (χ1n) is 16.7. The van der Waals surface area contributed by atoms with Crippen LogP contribution < -0.4 is 0 Å². The second-order valence-corrected chi connectivity index (χ2v) is 30.0. The minimum absolute atomic E-state index is 0.102. The van der Waals surface area contributed by atoms with Crippen molar-refractivity contribution in [2.24, 2.45) is 5.41 Å². The van der Waals surface area contributed by atoms with Gasteiger partial charge >= 0.3 is 274 Å². The number of esters is 1. The van der Waals surface area contributed by atoms with E-state index in [1.54, 1.807) is 16.4 Å². The summed E-state index contributed by atoms with van der Waals surface area (Å²) in [5.41, 5.74) is 1.72. The van der Waals surface area contributed by atoms with E-state index in [1.807, 2.05) is 71.0 Å². The predicted molar refractivity (Wildman–Crippen MR) is 186 cm³/mol. The van der Waals surface area contributed by atoms with Gasteiger partial charge in [0, 0.05) is 0 Å². The van der Waals surface area contributed by atoms with Crippen molar-refractivity contribution in [3.63, 3.8) is 0 Å². The molecular formula is C37H57NO4SSn. The summed E-state index contributed by atoms with van der Waals surface area (Å²) >= 11 is -3.13. The van der Waals surface area contributed by atoms with Crippen molar-refractivity contribution in [3.05, 3.63) is 77.4 Å². The summed E-state index contributed by atoms with van der Waals surface area (Å²) in [5.74, 6) is -0.312. The Bertz CT molecular complexity index is 1340. The van der Waals surface area contributed by atoms with Crippen LogP contribution in [0.1, 0.15) is 103 Å². The van der Waals surface area contributed by atoms with Crippen molar-refractivity contribution in [2.75, 3.05) is 6.54 Å². The number of ether oxygens (including phenoxy) is 1. The van der Waals surface area contributed by atoms with Gasteiger partial charge in [0.25, 0.3) is 0 Å². The van der Waals surface area contributed by atoms with Crippen LogP contribution in [0.15, 0.2) is 65.6 Å². The van der Waals surface area contributed by atoms with Crippen LogP contribution in [0.2, 0.25) is 17.7 Å². The van der Waals surface area contributed by atoms with Crippen LogP contribution in [-0.4, -0.2) is 49.2 Å². The maximum atomic E-state index is 14.9. The fourth-order valence-electron chi connectivity index (χ4n) is 6.93. The van der Waals surface area contributed by atoms with E-state index >= 15 is 0 Å². The van der Waals surface area contributed by atoms with Gasteiger partial charge in [-0.25, -0.2) is 0 Å². The molecule has 0 unspecified atom stereocenters. The standard InChI is InChI=1S/C25H30NO4S.3C4H9.Sn/c1-17-8-12-20(13-9-17)22-25(7,23(27)30-24(4,5)6)19(3)16-26(22)31(28,29)21-14-10-18(2)11-15-21;3*1-3-4-2;/h8-15,22H,3,7,16H2,1-2,4-6H3;3*1,3-4H2,2H3;/t22-,25+;;;;/m0..../s1. The summed E-state index contributed by atoms with van der Waals surface area (Å²) in [6.07, 6.45) is 6.81. The van der Waals surface area contributed by atoms with Crippen molar-refractivity contribution in [3.8, 4) is 0 Å². The molecule has 5 nitrogen and oxygen atoms in total. The molecule has 0 bridgehead atoms. The molecule has 2 atom stereocenters. The molecule has 7 heteroatoms. The molecule has 0 saturated carbocycles. The van der Waals surface area contributed by atoms with Crippen LogP contribution >= 0.6 is 0 Å². The molecule has 1 saturated heterocycles. The Kier molecular flexibility index (Phi) is 12.8.